The number of rotatable bonds is 1. The van der Waals surface area contributed by atoms with Crippen molar-refractivity contribution >= 4 is 17.3 Å². The predicted molar refractivity (Wildman–Crippen MR) is 43.6 cm³/mol. The van der Waals surface area contributed by atoms with Gasteiger partial charge >= 0.3 is 5.97 Å². The van der Waals surface area contributed by atoms with Crippen LogP contribution in [0.25, 0.3) is 0 Å². The molecule has 0 saturated heterocycles. The Balaban J connectivity index is 2.91. The van der Waals surface area contributed by atoms with Crippen molar-refractivity contribution in [1.29, 1.82) is 0 Å². The molecule has 2 nitrogen and oxygen atoms in total. The summed E-state index contributed by atoms with van der Waals surface area (Å²) in [5.41, 5.74) is 0.718. The number of esters is 1. The molecule has 1 aromatic heterocycles. The van der Waals surface area contributed by atoms with Crippen molar-refractivity contribution in [1.82, 2.24) is 0 Å². The maximum Gasteiger partial charge on any atom is 0.348 e. The first kappa shape index (κ1) is 7.83. The van der Waals surface area contributed by atoms with Crippen LogP contribution in [-0.4, -0.2) is 13.1 Å². The van der Waals surface area contributed by atoms with E-state index in [9.17, 15) is 4.79 Å². The Morgan fingerprint density at radius 2 is 2.55 bits per heavy atom. The molecule has 0 N–H and O–H groups in total. The summed E-state index contributed by atoms with van der Waals surface area (Å²) >= 11 is 1.29. The summed E-state index contributed by atoms with van der Waals surface area (Å²) in [7, 11) is 1.34. The predicted octanol–water partition coefficient (Wildman–Crippen LogP) is 1.52. The summed E-state index contributed by atoms with van der Waals surface area (Å²) in [6, 6.07) is 1.64. The van der Waals surface area contributed by atoms with Crippen LogP contribution in [0.2, 0.25) is 0 Å². The fraction of sp³-hybridized carbons (Fsp3) is 0.125. The van der Waals surface area contributed by atoms with E-state index < -0.39 is 0 Å². The molecule has 3 heteroatoms. The summed E-state index contributed by atoms with van der Waals surface area (Å²) in [5, 5.41) is 1.74. The largest absolute Gasteiger partial charge is 0.465 e. The third kappa shape index (κ3) is 1.60. The van der Waals surface area contributed by atoms with Gasteiger partial charge in [0.25, 0.3) is 0 Å². The second kappa shape index (κ2) is 3.22. The van der Waals surface area contributed by atoms with Crippen molar-refractivity contribution in [3.63, 3.8) is 0 Å². The van der Waals surface area contributed by atoms with Crippen molar-refractivity contribution in [2.45, 2.75) is 0 Å². The van der Waals surface area contributed by atoms with E-state index in [-0.39, 0.29) is 5.97 Å². The molecule has 1 aromatic rings. The monoisotopic (exact) mass is 166 g/mol. The molecule has 0 radical (unpaired) electrons. The van der Waals surface area contributed by atoms with Crippen LogP contribution in [-0.2, 0) is 4.74 Å². The fourth-order valence-corrected chi connectivity index (χ4v) is 1.38. The zero-order valence-corrected chi connectivity index (χ0v) is 6.77. The van der Waals surface area contributed by atoms with Gasteiger partial charge in [-0.3, -0.25) is 0 Å². The summed E-state index contributed by atoms with van der Waals surface area (Å²) in [6.45, 7) is 0. The Morgan fingerprint density at radius 1 is 1.82 bits per heavy atom. The summed E-state index contributed by atoms with van der Waals surface area (Å²) in [4.78, 5) is 11.4. The first-order valence-corrected chi connectivity index (χ1v) is 3.79. The number of ether oxygens (including phenoxy) is 1. The first-order valence-electron chi connectivity index (χ1n) is 2.91. The first-order chi connectivity index (χ1) is 5.27. The number of hydrogen-bond acceptors (Lipinski definition) is 3. The molecule has 1 heterocycles. The normalized spacial score (nSPS) is 8.73. The van der Waals surface area contributed by atoms with Gasteiger partial charge in [0.15, 0.2) is 0 Å². The maximum atomic E-state index is 10.9. The van der Waals surface area contributed by atoms with E-state index in [1.54, 1.807) is 11.4 Å². The highest BCUT2D eigenvalue weighted by Gasteiger charge is 2.06. The Morgan fingerprint density at radius 3 is 3.00 bits per heavy atom. The van der Waals surface area contributed by atoms with E-state index in [2.05, 4.69) is 10.7 Å². The van der Waals surface area contributed by atoms with Crippen molar-refractivity contribution in [2.75, 3.05) is 7.11 Å². The average molecular weight is 166 g/mol. The van der Waals surface area contributed by atoms with Crippen molar-refractivity contribution in [2.24, 2.45) is 0 Å². The lowest BCUT2D eigenvalue weighted by atomic mass is 10.3. The number of thiophene rings is 1. The van der Waals surface area contributed by atoms with Gasteiger partial charge < -0.3 is 4.74 Å². The molecule has 0 saturated carbocycles. The van der Waals surface area contributed by atoms with E-state index in [1.165, 1.54) is 18.4 Å². The zero-order chi connectivity index (χ0) is 8.27. The fourth-order valence-electron chi connectivity index (χ4n) is 0.620. The van der Waals surface area contributed by atoms with Gasteiger partial charge in [-0.1, -0.05) is 5.92 Å². The van der Waals surface area contributed by atoms with Gasteiger partial charge in [-0.15, -0.1) is 17.8 Å². The SMILES string of the molecule is C#Cc1csc(C(=O)OC)c1. The number of carbonyl (C=O) groups excluding carboxylic acids is 1. The minimum absolute atomic E-state index is 0.337. The highest BCUT2D eigenvalue weighted by molar-refractivity contribution is 7.12. The van der Waals surface area contributed by atoms with Gasteiger partial charge in [-0.2, -0.15) is 0 Å². The van der Waals surface area contributed by atoms with Crippen LogP contribution in [0.3, 0.4) is 0 Å². The quantitative estimate of drug-likeness (QED) is 0.467. The number of hydrogen-bond donors (Lipinski definition) is 0. The molecule has 0 aromatic carbocycles. The second-order valence-corrected chi connectivity index (χ2v) is 2.75. The molecule has 0 atom stereocenters. The Kier molecular flexibility index (Phi) is 2.29. The molecular weight excluding hydrogens is 160 g/mol. The average Bonchev–Trinajstić information content (AvgIpc) is 2.50. The van der Waals surface area contributed by atoms with Gasteiger partial charge in [0.1, 0.15) is 4.88 Å². The standard InChI is InChI=1S/C8H6O2S/c1-3-6-4-7(11-5-6)8(9)10-2/h1,4-5H,2H3. The topological polar surface area (TPSA) is 26.3 Å². The number of terminal acetylenes is 1. The Hall–Kier alpha value is -1.27. The van der Waals surface area contributed by atoms with E-state index >= 15 is 0 Å². The summed E-state index contributed by atoms with van der Waals surface area (Å²) < 4.78 is 4.50. The molecular formula is C8H6O2S. The summed E-state index contributed by atoms with van der Waals surface area (Å²) in [6.07, 6.45) is 5.11. The smallest absolute Gasteiger partial charge is 0.348 e. The molecule has 11 heavy (non-hydrogen) atoms. The molecule has 0 aliphatic rings. The molecule has 0 spiro atoms. The van der Waals surface area contributed by atoms with Crippen LogP contribution in [0.5, 0.6) is 0 Å². The molecule has 0 aliphatic carbocycles. The molecule has 0 bridgehead atoms. The third-order valence-corrected chi connectivity index (χ3v) is 2.06. The van der Waals surface area contributed by atoms with Crippen LogP contribution in [0, 0.1) is 12.3 Å². The molecule has 1 rings (SSSR count). The lowest BCUT2D eigenvalue weighted by Crippen LogP contribution is -1.96. The number of carbonyl (C=O) groups is 1. The van der Waals surface area contributed by atoms with Crippen molar-refractivity contribution in [3.05, 3.63) is 21.9 Å². The van der Waals surface area contributed by atoms with Crippen LogP contribution in [0.15, 0.2) is 11.4 Å². The van der Waals surface area contributed by atoms with Crippen LogP contribution in [0.4, 0.5) is 0 Å². The molecule has 0 aliphatic heterocycles. The van der Waals surface area contributed by atoms with Crippen LogP contribution < -0.4 is 0 Å². The Labute approximate surface area is 68.8 Å². The summed E-state index contributed by atoms with van der Waals surface area (Å²) in [5.74, 6) is 2.09. The van der Waals surface area contributed by atoms with E-state index in [0.29, 0.717) is 4.88 Å². The third-order valence-electron chi connectivity index (χ3n) is 1.15. The molecule has 56 valence electrons. The minimum atomic E-state index is -0.337. The van der Waals surface area contributed by atoms with Crippen molar-refractivity contribution < 1.29 is 9.53 Å². The van der Waals surface area contributed by atoms with E-state index in [0.717, 1.165) is 5.56 Å². The maximum absolute atomic E-state index is 10.9. The molecule has 0 fully saturated rings. The lowest BCUT2D eigenvalue weighted by molar-refractivity contribution is 0.0606. The lowest BCUT2D eigenvalue weighted by Gasteiger charge is -1.90. The van der Waals surface area contributed by atoms with Crippen LogP contribution in [0.1, 0.15) is 15.2 Å². The second-order valence-electron chi connectivity index (χ2n) is 1.84. The highest BCUT2D eigenvalue weighted by Crippen LogP contribution is 2.14. The van der Waals surface area contributed by atoms with Gasteiger partial charge in [0.05, 0.1) is 7.11 Å². The highest BCUT2D eigenvalue weighted by atomic mass is 32.1. The van der Waals surface area contributed by atoms with Gasteiger partial charge in [0, 0.05) is 10.9 Å². The van der Waals surface area contributed by atoms with Gasteiger partial charge in [0.2, 0.25) is 0 Å². The van der Waals surface area contributed by atoms with Gasteiger partial charge in [-0.25, -0.2) is 4.79 Å². The number of methoxy groups -OCH3 is 1. The van der Waals surface area contributed by atoms with E-state index in [1.807, 2.05) is 0 Å². The van der Waals surface area contributed by atoms with Crippen LogP contribution >= 0.6 is 11.3 Å². The van der Waals surface area contributed by atoms with Gasteiger partial charge in [-0.05, 0) is 6.07 Å². The molecule has 0 unspecified atom stereocenters. The molecule has 0 amide bonds. The van der Waals surface area contributed by atoms with E-state index in [4.69, 9.17) is 6.42 Å². The Bertz CT molecular complexity index is 306. The minimum Gasteiger partial charge on any atom is -0.465 e. The zero-order valence-electron chi connectivity index (χ0n) is 5.96. The van der Waals surface area contributed by atoms with Crippen molar-refractivity contribution in [3.8, 4) is 12.3 Å².